The molecule has 1 N–H and O–H groups in total. The molecule has 0 aliphatic heterocycles. The number of rotatable bonds is 12. The molecule has 7 aromatic carbocycles. The fraction of sp³-hybridized carbons (Fsp3) is 0.137. The average molecular weight is 674 g/mol. The van der Waals surface area contributed by atoms with E-state index in [1.807, 2.05) is 13.8 Å². The van der Waals surface area contributed by atoms with Gasteiger partial charge in [-0.3, -0.25) is 0 Å². The van der Waals surface area contributed by atoms with E-state index in [1.165, 1.54) is 61.2 Å². The minimum atomic E-state index is 0.678. The maximum Gasteiger partial charge on any atom is 0.0417 e. The highest BCUT2D eigenvalue weighted by Crippen LogP contribution is 2.38. The molecule has 0 unspecified atom stereocenters. The minimum absolute atomic E-state index is 0.678. The maximum atomic E-state index is 5.81. The summed E-state index contributed by atoms with van der Waals surface area (Å²) in [5, 5.41) is 3.88. The van der Waals surface area contributed by atoms with Crippen LogP contribution < -0.4 is 5.32 Å². The highest BCUT2D eigenvalue weighted by atomic mass is 14.9. The molecule has 0 spiro atoms. The van der Waals surface area contributed by atoms with Gasteiger partial charge in [0.25, 0.3) is 0 Å². The molecule has 0 aliphatic carbocycles. The standard InChI is InChI=1S/C49H41N.C2H6/c1-2-3-21-42-35-40(46-29-15-13-27-44(46)38-22-9-5-10-23-38)31-33-48(42)50-49-34-32-41(36-43(49)26-17-20-37-18-7-4-8-19-37)47-30-16-14-28-45(47)39-24-11-6-12-25-39;1-2/h1,4-16,18-19,22-25,27-36,50H,3,17,20-21,26H2;1-2H3. The molecule has 7 aromatic rings. The van der Waals surface area contributed by atoms with Crippen molar-refractivity contribution in [2.45, 2.75) is 46.0 Å². The minimum Gasteiger partial charge on any atom is -0.355 e. The lowest BCUT2D eigenvalue weighted by molar-refractivity contribution is 0.822. The molecule has 7 rings (SSSR count). The first-order valence-electron chi connectivity index (χ1n) is 18.6. The lowest BCUT2D eigenvalue weighted by Crippen LogP contribution is -2.02. The van der Waals surface area contributed by atoms with Crippen molar-refractivity contribution >= 4 is 11.4 Å². The third kappa shape index (κ3) is 8.79. The maximum absolute atomic E-state index is 5.81. The van der Waals surface area contributed by atoms with Gasteiger partial charge in [-0.25, -0.2) is 0 Å². The van der Waals surface area contributed by atoms with Crippen LogP contribution in [0.15, 0.2) is 176 Å². The number of benzene rings is 7. The second kappa shape index (κ2) is 18.2. The van der Waals surface area contributed by atoms with E-state index in [1.54, 1.807) is 0 Å². The van der Waals surface area contributed by atoms with E-state index in [2.05, 4.69) is 187 Å². The number of anilines is 2. The van der Waals surface area contributed by atoms with E-state index in [-0.39, 0.29) is 0 Å². The van der Waals surface area contributed by atoms with Gasteiger partial charge < -0.3 is 5.32 Å². The molecule has 0 saturated carbocycles. The number of terminal acetylenes is 1. The van der Waals surface area contributed by atoms with E-state index in [0.717, 1.165) is 37.1 Å². The van der Waals surface area contributed by atoms with Gasteiger partial charge in [0.1, 0.15) is 0 Å². The molecule has 52 heavy (non-hydrogen) atoms. The molecule has 0 saturated heterocycles. The quantitative estimate of drug-likeness (QED) is 0.127. The number of hydrogen-bond acceptors (Lipinski definition) is 1. The zero-order chi connectivity index (χ0) is 36.0. The first kappa shape index (κ1) is 35.7. The van der Waals surface area contributed by atoms with Crippen molar-refractivity contribution in [2.24, 2.45) is 0 Å². The molecular weight excluding hydrogens is 627 g/mol. The molecule has 0 amide bonds. The normalized spacial score (nSPS) is 10.5. The van der Waals surface area contributed by atoms with Crippen LogP contribution in [0, 0.1) is 12.3 Å². The summed E-state index contributed by atoms with van der Waals surface area (Å²) < 4.78 is 0. The zero-order valence-electron chi connectivity index (χ0n) is 30.4. The van der Waals surface area contributed by atoms with E-state index < -0.39 is 0 Å². The molecule has 256 valence electrons. The summed E-state index contributed by atoms with van der Waals surface area (Å²) in [4.78, 5) is 0. The van der Waals surface area contributed by atoms with Crippen molar-refractivity contribution in [3.8, 4) is 56.9 Å². The summed E-state index contributed by atoms with van der Waals surface area (Å²) in [6, 6.07) is 63.2. The molecule has 0 radical (unpaired) electrons. The molecular formula is C51H47N. The molecule has 0 aliphatic rings. The summed E-state index contributed by atoms with van der Waals surface area (Å²) in [5.74, 6) is 2.88. The van der Waals surface area contributed by atoms with Crippen molar-refractivity contribution < 1.29 is 0 Å². The van der Waals surface area contributed by atoms with Crippen molar-refractivity contribution in [1.29, 1.82) is 0 Å². The molecule has 0 fully saturated rings. The van der Waals surface area contributed by atoms with Crippen LogP contribution in [0.4, 0.5) is 11.4 Å². The smallest absolute Gasteiger partial charge is 0.0417 e. The largest absolute Gasteiger partial charge is 0.355 e. The molecule has 0 bridgehead atoms. The summed E-state index contributed by atoms with van der Waals surface area (Å²) in [7, 11) is 0. The Labute approximate surface area is 311 Å². The number of nitrogens with one attached hydrogen (secondary N) is 1. The van der Waals surface area contributed by atoms with Crippen LogP contribution in [0.2, 0.25) is 0 Å². The van der Waals surface area contributed by atoms with Crippen LogP contribution in [0.5, 0.6) is 0 Å². The van der Waals surface area contributed by atoms with Gasteiger partial charge in [-0.05, 0) is 111 Å². The molecule has 0 atom stereocenters. The zero-order valence-corrected chi connectivity index (χ0v) is 30.4. The topological polar surface area (TPSA) is 12.0 Å². The predicted octanol–water partition coefficient (Wildman–Crippen LogP) is 13.9. The SMILES string of the molecule is C#CCCc1cc(-c2ccccc2-c2ccccc2)ccc1Nc1ccc(-c2ccccc2-c2ccccc2)cc1CCCc1ccccc1.CC. The Bertz CT molecular complexity index is 2210. The highest BCUT2D eigenvalue weighted by Gasteiger charge is 2.14. The second-order valence-corrected chi connectivity index (χ2v) is 12.7. The number of aryl methyl sites for hydroxylation is 3. The van der Waals surface area contributed by atoms with E-state index in [4.69, 9.17) is 6.42 Å². The van der Waals surface area contributed by atoms with E-state index in [0.29, 0.717) is 6.42 Å². The first-order valence-corrected chi connectivity index (χ1v) is 18.6. The summed E-state index contributed by atoms with van der Waals surface area (Å²) in [5.41, 5.74) is 15.9. The van der Waals surface area contributed by atoms with Gasteiger partial charge in [-0.2, -0.15) is 0 Å². The third-order valence-electron chi connectivity index (χ3n) is 9.42. The monoisotopic (exact) mass is 673 g/mol. The summed E-state index contributed by atoms with van der Waals surface area (Å²) in [6.07, 6.45) is 10.3. The number of hydrogen-bond donors (Lipinski definition) is 1. The van der Waals surface area contributed by atoms with E-state index >= 15 is 0 Å². The third-order valence-corrected chi connectivity index (χ3v) is 9.42. The first-order chi connectivity index (χ1) is 25.8. The van der Waals surface area contributed by atoms with Crippen LogP contribution >= 0.6 is 0 Å². The van der Waals surface area contributed by atoms with Crippen molar-refractivity contribution in [3.63, 3.8) is 0 Å². The van der Waals surface area contributed by atoms with Gasteiger partial charge in [0.15, 0.2) is 0 Å². The lowest BCUT2D eigenvalue weighted by Gasteiger charge is -2.19. The lowest BCUT2D eigenvalue weighted by atomic mass is 9.91. The van der Waals surface area contributed by atoms with Crippen molar-refractivity contribution in [3.05, 3.63) is 193 Å². The van der Waals surface area contributed by atoms with Gasteiger partial charge >= 0.3 is 0 Å². The van der Waals surface area contributed by atoms with Gasteiger partial charge in [0, 0.05) is 17.8 Å². The van der Waals surface area contributed by atoms with Gasteiger partial charge in [0.05, 0.1) is 0 Å². The van der Waals surface area contributed by atoms with Crippen LogP contribution in [-0.2, 0) is 19.3 Å². The fourth-order valence-electron chi connectivity index (χ4n) is 6.87. The van der Waals surface area contributed by atoms with E-state index in [9.17, 15) is 0 Å². The van der Waals surface area contributed by atoms with Gasteiger partial charge in [-0.15, -0.1) is 12.3 Å². The molecule has 1 nitrogen and oxygen atoms in total. The Hall–Kier alpha value is -6.10. The van der Waals surface area contributed by atoms with Crippen molar-refractivity contribution in [1.82, 2.24) is 0 Å². The Kier molecular flexibility index (Phi) is 12.5. The Morgan fingerprint density at radius 3 is 1.29 bits per heavy atom. The molecule has 0 heterocycles. The molecule has 0 aromatic heterocycles. The summed E-state index contributed by atoms with van der Waals surface area (Å²) in [6.45, 7) is 4.00. The van der Waals surface area contributed by atoms with Crippen LogP contribution in [-0.4, -0.2) is 0 Å². The predicted molar refractivity (Wildman–Crippen MR) is 225 cm³/mol. The highest BCUT2D eigenvalue weighted by molar-refractivity contribution is 5.86. The Morgan fingerprint density at radius 2 is 0.827 bits per heavy atom. The van der Waals surface area contributed by atoms with Gasteiger partial charge in [0.2, 0.25) is 0 Å². The van der Waals surface area contributed by atoms with Gasteiger partial charge in [-0.1, -0.05) is 166 Å². The van der Waals surface area contributed by atoms with Crippen LogP contribution in [0.25, 0.3) is 44.5 Å². The molecule has 1 heteroatoms. The van der Waals surface area contributed by atoms with Crippen molar-refractivity contribution in [2.75, 3.05) is 5.32 Å². The Morgan fingerprint density at radius 1 is 0.423 bits per heavy atom. The average Bonchev–Trinajstić information content (AvgIpc) is 3.23. The van der Waals surface area contributed by atoms with Crippen LogP contribution in [0.1, 0.15) is 43.4 Å². The second-order valence-electron chi connectivity index (χ2n) is 12.7. The summed E-state index contributed by atoms with van der Waals surface area (Å²) >= 11 is 0. The Balaban J connectivity index is 0.00000228. The van der Waals surface area contributed by atoms with Crippen LogP contribution in [0.3, 0.4) is 0 Å². The fourth-order valence-corrected chi connectivity index (χ4v) is 6.87.